The van der Waals surface area contributed by atoms with E-state index < -0.39 is 0 Å². The van der Waals surface area contributed by atoms with Crippen molar-refractivity contribution in [1.82, 2.24) is 0 Å². The topological polar surface area (TPSA) is 31.0 Å². The summed E-state index contributed by atoms with van der Waals surface area (Å²) in [7, 11) is -0.163. The van der Waals surface area contributed by atoms with E-state index in [4.69, 9.17) is 14.0 Å². The fraction of sp³-hybridized carbons (Fsp3) is 0.889. The van der Waals surface area contributed by atoms with Gasteiger partial charge in [-0.25, -0.2) is 0 Å². The van der Waals surface area contributed by atoms with Gasteiger partial charge >= 0.3 is 7.12 Å². The summed E-state index contributed by atoms with van der Waals surface area (Å²) in [5.41, 5.74) is 0.145. The second-order valence-corrected chi connectivity index (χ2v) is 7.59. The minimum absolute atomic E-state index is 0.145. The average Bonchev–Trinajstić information content (AvgIpc) is 3.23. The van der Waals surface area contributed by atoms with E-state index in [2.05, 4.69) is 26.8 Å². The molecule has 0 unspecified atom stereocenters. The Balaban J connectivity index is 1.47. The van der Waals surface area contributed by atoms with Gasteiger partial charge in [0, 0.05) is 18.6 Å². The Morgan fingerprint density at radius 3 is 2.41 bits per heavy atom. The standard InChI is InChI=1S/C18H33BO3/c1-4-5-6-7-8-9-11-16-17(22-16)12-10-13-19-20-14-18(2,3)15-21-19/h10,13,16-17H,4-9,11-12,14-15H2,1-3H3/t16-,17+/m1/s1. The smallest absolute Gasteiger partial charge is 0.407 e. The van der Waals surface area contributed by atoms with Crippen LogP contribution in [-0.2, 0) is 14.0 Å². The van der Waals surface area contributed by atoms with Crippen molar-refractivity contribution in [3.8, 4) is 0 Å². The van der Waals surface area contributed by atoms with Crippen LogP contribution < -0.4 is 0 Å². The van der Waals surface area contributed by atoms with Gasteiger partial charge in [-0.15, -0.1) is 0 Å². The van der Waals surface area contributed by atoms with Crippen molar-refractivity contribution in [3.63, 3.8) is 0 Å². The molecule has 2 rings (SSSR count). The van der Waals surface area contributed by atoms with Crippen molar-refractivity contribution in [2.75, 3.05) is 13.2 Å². The number of rotatable bonds is 10. The molecule has 126 valence electrons. The van der Waals surface area contributed by atoms with E-state index in [0.29, 0.717) is 12.2 Å². The summed E-state index contributed by atoms with van der Waals surface area (Å²) in [4.78, 5) is 0. The maximum Gasteiger partial charge on any atom is 0.485 e. The number of epoxide rings is 1. The van der Waals surface area contributed by atoms with Crippen molar-refractivity contribution in [2.24, 2.45) is 5.41 Å². The molecule has 2 saturated heterocycles. The first-order chi connectivity index (χ1) is 10.6. The van der Waals surface area contributed by atoms with E-state index in [0.717, 1.165) is 19.6 Å². The predicted octanol–water partition coefficient (Wildman–Crippen LogP) is 4.55. The van der Waals surface area contributed by atoms with Gasteiger partial charge in [0.1, 0.15) is 0 Å². The molecule has 2 aliphatic heterocycles. The lowest BCUT2D eigenvalue weighted by Crippen LogP contribution is -2.39. The molecular weight excluding hydrogens is 275 g/mol. The van der Waals surface area contributed by atoms with Crippen LogP contribution in [-0.4, -0.2) is 32.5 Å². The van der Waals surface area contributed by atoms with Gasteiger partial charge in [-0.3, -0.25) is 0 Å². The quantitative estimate of drug-likeness (QED) is 0.337. The minimum Gasteiger partial charge on any atom is -0.407 e. The molecule has 0 amide bonds. The van der Waals surface area contributed by atoms with Crippen molar-refractivity contribution < 1.29 is 14.0 Å². The number of ether oxygens (including phenoxy) is 1. The summed E-state index contributed by atoms with van der Waals surface area (Å²) in [5.74, 6) is 2.04. The molecule has 0 aromatic rings. The molecular formula is C18H33BO3. The van der Waals surface area contributed by atoms with Crippen LogP contribution in [0.15, 0.2) is 12.1 Å². The lowest BCUT2D eigenvalue weighted by molar-refractivity contribution is 0.0336. The fourth-order valence-corrected chi connectivity index (χ4v) is 2.91. The maximum absolute atomic E-state index is 5.73. The highest BCUT2D eigenvalue weighted by molar-refractivity contribution is 6.50. The summed E-state index contributed by atoms with van der Waals surface area (Å²) >= 11 is 0. The van der Waals surface area contributed by atoms with E-state index in [1.54, 1.807) is 0 Å². The highest BCUT2D eigenvalue weighted by Gasteiger charge is 2.37. The first-order valence-electron chi connectivity index (χ1n) is 9.16. The van der Waals surface area contributed by atoms with Crippen LogP contribution in [0.5, 0.6) is 0 Å². The molecule has 4 heteroatoms. The van der Waals surface area contributed by atoms with Gasteiger partial charge in [-0.2, -0.15) is 0 Å². The van der Waals surface area contributed by atoms with Crippen molar-refractivity contribution in [2.45, 2.75) is 84.3 Å². The second kappa shape index (κ2) is 9.10. The molecule has 0 aliphatic carbocycles. The third-order valence-electron chi connectivity index (χ3n) is 4.47. The lowest BCUT2D eigenvalue weighted by Gasteiger charge is -2.31. The molecule has 0 saturated carbocycles. The molecule has 2 aliphatic rings. The molecule has 0 radical (unpaired) electrons. The highest BCUT2D eigenvalue weighted by atomic mass is 16.6. The summed E-state index contributed by atoms with van der Waals surface area (Å²) < 4.78 is 17.1. The van der Waals surface area contributed by atoms with Crippen LogP contribution in [0.1, 0.15) is 72.1 Å². The lowest BCUT2D eigenvalue weighted by atomic mass is 9.83. The Kier molecular flexibility index (Phi) is 7.45. The van der Waals surface area contributed by atoms with Gasteiger partial charge < -0.3 is 14.0 Å². The number of hydrogen-bond donors (Lipinski definition) is 0. The van der Waals surface area contributed by atoms with Gasteiger partial charge in [-0.05, 0) is 12.8 Å². The Hall–Kier alpha value is -0.315. The first-order valence-corrected chi connectivity index (χ1v) is 9.16. The van der Waals surface area contributed by atoms with Crippen LogP contribution in [0.25, 0.3) is 0 Å². The van der Waals surface area contributed by atoms with Gasteiger partial charge in [0.05, 0.1) is 12.2 Å². The Morgan fingerprint density at radius 2 is 1.68 bits per heavy atom. The van der Waals surface area contributed by atoms with E-state index >= 15 is 0 Å². The van der Waals surface area contributed by atoms with Gasteiger partial charge in [-0.1, -0.05) is 71.3 Å². The molecule has 2 atom stereocenters. The molecule has 0 N–H and O–H groups in total. The second-order valence-electron chi connectivity index (χ2n) is 7.59. The first kappa shape index (κ1) is 18.0. The van der Waals surface area contributed by atoms with Crippen LogP contribution in [0.3, 0.4) is 0 Å². The zero-order valence-corrected chi connectivity index (χ0v) is 14.7. The maximum atomic E-state index is 5.73. The summed E-state index contributed by atoms with van der Waals surface area (Å²) in [6.45, 7) is 8.13. The predicted molar refractivity (Wildman–Crippen MR) is 91.9 cm³/mol. The summed E-state index contributed by atoms with van der Waals surface area (Å²) in [5, 5.41) is 0. The van der Waals surface area contributed by atoms with Crippen LogP contribution in [0, 0.1) is 5.41 Å². The largest absolute Gasteiger partial charge is 0.485 e. The summed E-state index contributed by atoms with van der Waals surface area (Å²) in [6.07, 6.45) is 13.5. The average molecular weight is 308 g/mol. The van der Waals surface area contributed by atoms with Crippen LogP contribution >= 0.6 is 0 Å². The van der Waals surface area contributed by atoms with Crippen LogP contribution in [0.2, 0.25) is 0 Å². The zero-order chi connectivity index (χ0) is 15.8. The Bertz CT molecular complexity index is 333. The zero-order valence-electron chi connectivity index (χ0n) is 14.7. The Morgan fingerprint density at radius 1 is 1.00 bits per heavy atom. The van der Waals surface area contributed by atoms with Crippen molar-refractivity contribution in [3.05, 3.63) is 12.1 Å². The molecule has 0 aromatic carbocycles. The van der Waals surface area contributed by atoms with Crippen molar-refractivity contribution in [1.29, 1.82) is 0 Å². The SMILES string of the molecule is CCCCCCCC[C@H]1O[C@H]1CC=CB1OCC(C)(C)CO1. The van der Waals surface area contributed by atoms with E-state index in [-0.39, 0.29) is 12.5 Å². The van der Waals surface area contributed by atoms with E-state index in [9.17, 15) is 0 Å². The molecule has 2 heterocycles. The normalized spacial score (nSPS) is 27.5. The highest BCUT2D eigenvalue weighted by Crippen LogP contribution is 2.30. The van der Waals surface area contributed by atoms with E-state index in [1.165, 1.54) is 44.9 Å². The monoisotopic (exact) mass is 308 g/mol. The third-order valence-corrected chi connectivity index (χ3v) is 4.47. The summed E-state index contributed by atoms with van der Waals surface area (Å²) in [6, 6.07) is 0. The Labute approximate surface area is 136 Å². The minimum atomic E-state index is -0.163. The molecule has 0 bridgehead atoms. The molecule has 22 heavy (non-hydrogen) atoms. The molecule has 0 spiro atoms. The van der Waals surface area contributed by atoms with Gasteiger partial charge in [0.25, 0.3) is 0 Å². The van der Waals surface area contributed by atoms with Crippen LogP contribution in [0.4, 0.5) is 0 Å². The third kappa shape index (κ3) is 6.85. The van der Waals surface area contributed by atoms with Crippen molar-refractivity contribution >= 4 is 7.12 Å². The molecule has 3 nitrogen and oxygen atoms in total. The fourth-order valence-electron chi connectivity index (χ4n) is 2.91. The van der Waals surface area contributed by atoms with Gasteiger partial charge in [0.15, 0.2) is 0 Å². The molecule has 0 aromatic heterocycles. The number of hydrogen-bond acceptors (Lipinski definition) is 3. The van der Waals surface area contributed by atoms with Gasteiger partial charge in [0.2, 0.25) is 0 Å². The molecule has 2 fully saturated rings. The van der Waals surface area contributed by atoms with E-state index in [1.807, 2.05) is 5.98 Å². The number of unbranched alkanes of at least 4 members (excludes halogenated alkanes) is 5.